The lowest BCUT2D eigenvalue weighted by atomic mass is 10.4. The van der Waals surface area contributed by atoms with Crippen molar-refractivity contribution >= 4 is 22.0 Å². The molecule has 0 aliphatic heterocycles. The third kappa shape index (κ3) is 3.29. The van der Waals surface area contributed by atoms with E-state index in [9.17, 15) is 18.0 Å². The van der Waals surface area contributed by atoms with Gasteiger partial charge in [-0.05, 0) is 6.92 Å². The Hall–Kier alpha value is -1.94. The van der Waals surface area contributed by atoms with Gasteiger partial charge in [0.25, 0.3) is 10.0 Å². The summed E-state index contributed by atoms with van der Waals surface area (Å²) in [6.07, 6.45) is 1.01. The summed E-state index contributed by atoms with van der Waals surface area (Å²) < 4.78 is 29.4. The molecule has 0 aliphatic rings. The van der Waals surface area contributed by atoms with E-state index >= 15 is 0 Å². The molecule has 0 radical (unpaired) electrons. The first-order valence-corrected chi connectivity index (χ1v) is 6.63. The molecule has 19 heavy (non-hydrogen) atoms. The molecule has 10 heteroatoms. The molecule has 0 amide bonds. The molecule has 1 heterocycles. The van der Waals surface area contributed by atoms with Crippen LogP contribution in [0.15, 0.2) is 11.2 Å². The summed E-state index contributed by atoms with van der Waals surface area (Å²) in [5, 5.41) is 13.7. The van der Waals surface area contributed by atoms with E-state index in [1.54, 1.807) is 6.92 Å². The molecule has 0 saturated heterocycles. The lowest BCUT2D eigenvalue weighted by molar-refractivity contribution is -0.137. The molecule has 1 aromatic rings. The van der Waals surface area contributed by atoms with Gasteiger partial charge in [0.1, 0.15) is 12.1 Å². The van der Waals surface area contributed by atoms with Gasteiger partial charge in [-0.3, -0.25) is 9.89 Å². The Balaban J connectivity index is 3.12. The van der Waals surface area contributed by atoms with Gasteiger partial charge in [-0.1, -0.05) is 0 Å². The quantitative estimate of drug-likeness (QED) is 0.662. The van der Waals surface area contributed by atoms with Gasteiger partial charge in [0.2, 0.25) is 0 Å². The SMILES string of the molecule is CCOC(=O)c1cn[nH]c1S(=O)(=O)N(C)CC(=O)O. The second-order valence-electron chi connectivity index (χ2n) is 3.49. The average Bonchev–Trinajstić information content (AvgIpc) is 2.77. The summed E-state index contributed by atoms with van der Waals surface area (Å²) in [7, 11) is -3.07. The summed E-state index contributed by atoms with van der Waals surface area (Å²) in [6, 6.07) is 0. The Morgan fingerprint density at radius 3 is 2.68 bits per heavy atom. The fourth-order valence-electron chi connectivity index (χ4n) is 1.26. The monoisotopic (exact) mass is 291 g/mol. The number of carbonyl (C=O) groups excluding carboxylic acids is 1. The lowest BCUT2D eigenvalue weighted by Gasteiger charge is -2.14. The molecule has 0 atom stereocenters. The molecule has 106 valence electrons. The fourth-order valence-corrected chi connectivity index (χ4v) is 2.43. The standard InChI is InChI=1S/C9H13N3O6S/c1-3-18-9(15)6-4-10-11-8(6)19(16,17)12(2)5-7(13)14/h4H,3,5H2,1-2H3,(H,10,11)(H,13,14). The molecule has 0 saturated carbocycles. The Labute approximate surface area is 109 Å². The zero-order chi connectivity index (χ0) is 14.6. The van der Waals surface area contributed by atoms with Gasteiger partial charge < -0.3 is 9.84 Å². The van der Waals surface area contributed by atoms with Crippen LogP contribution in [-0.2, 0) is 19.6 Å². The van der Waals surface area contributed by atoms with Gasteiger partial charge in [0, 0.05) is 7.05 Å². The van der Waals surface area contributed by atoms with E-state index < -0.39 is 33.5 Å². The van der Waals surface area contributed by atoms with Gasteiger partial charge in [0.05, 0.1) is 12.8 Å². The van der Waals surface area contributed by atoms with Crippen LogP contribution in [0, 0.1) is 0 Å². The number of likely N-dealkylation sites (N-methyl/N-ethyl adjacent to an activating group) is 1. The maximum Gasteiger partial charge on any atom is 0.342 e. The molecular weight excluding hydrogens is 278 g/mol. The normalized spacial score (nSPS) is 11.5. The minimum atomic E-state index is -4.15. The Kier molecular flexibility index (Phi) is 4.62. The first kappa shape index (κ1) is 15.1. The van der Waals surface area contributed by atoms with Crippen molar-refractivity contribution in [2.45, 2.75) is 11.9 Å². The Bertz CT molecular complexity index is 579. The first-order valence-electron chi connectivity index (χ1n) is 5.19. The molecule has 0 fully saturated rings. The number of aromatic amines is 1. The minimum Gasteiger partial charge on any atom is -0.480 e. The van der Waals surface area contributed by atoms with Crippen LogP contribution in [0.3, 0.4) is 0 Å². The molecule has 0 unspecified atom stereocenters. The highest BCUT2D eigenvalue weighted by atomic mass is 32.2. The van der Waals surface area contributed by atoms with E-state index in [0.29, 0.717) is 4.31 Å². The number of nitrogens with zero attached hydrogens (tertiary/aromatic N) is 2. The number of esters is 1. The summed E-state index contributed by atoms with van der Waals surface area (Å²) in [5.41, 5.74) is -0.265. The van der Waals surface area contributed by atoms with Gasteiger partial charge in [-0.2, -0.15) is 9.40 Å². The molecule has 0 bridgehead atoms. The maximum absolute atomic E-state index is 12.0. The highest BCUT2D eigenvalue weighted by molar-refractivity contribution is 7.89. The zero-order valence-corrected chi connectivity index (χ0v) is 11.1. The number of aromatic nitrogens is 2. The van der Waals surface area contributed by atoms with Crippen molar-refractivity contribution in [3.05, 3.63) is 11.8 Å². The van der Waals surface area contributed by atoms with Gasteiger partial charge in [-0.25, -0.2) is 13.2 Å². The van der Waals surface area contributed by atoms with E-state index in [2.05, 4.69) is 14.9 Å². The van der Waals surface area contributed by atoms with E-state index in [0.717, 1.165) is 13.2 Å². The van der Waals surface area contributed by atoms with Gasteiger partial charge in [0.15, 0.2) is 5.03 Å². The summed E-state index contributed by atoms with van der Waals surface area (Å²) in [6.45, 7) is 0.917. The number of carboxylic acids is 1. The molecule has 1 rings (SSSR count). The van der Waals surface area contributed by atoms with Crippen molar-refractivity contribution in [3.63, 3.8) is 0 Å². The fraction of sp³-hybridized carbons (Fsp3) is 0.444. The molecule has 0 aliphatic carbocycles. The molecule has 1 aromatic heterocycles. The Morgan fingerprint density at radius 2 is 2.16 bits per heavy atom. The predicted octanol–water partition coefficient (Wildman–Crippen LogP) is -0.708. The third-order valence-electron chi connectivity index (χ3n) is 2.13. The van der Waals surface area contributed by atoms with Crippen LogP contribution in [0.4, 0.5) is 0 Å². The van der Waals surface area contributed by atoms with Crippen LogP contribution >= 0.6 is 0 Å². The second-order valence-corrected chi connectivity index (χ2v) is 5.47. The predicted molar refractivity (Wildman–Crippen MR) is 62.0 cm³/mol. The highest BCUT2D eigenvalue weighted by Crippen LogP contribution is 2.17. The third-order valence-corrected chi connectivity index (χ3v) is 3.90. The van der Waals surface area contributed by atoms with Crippen LogP contribution in [0.2, 0.25) is 0 Å². The minimum absolute atomic E-state index is 0.0778. The average molecular weight is 291 g/mol. The number of ether oxygens (including phenoxy) is 1. The summed E-state index contributed by atoms with van der Waals surface area (Å²) in [4.78, 5) is 22.1. The number of carbonyl (C=O) groups is 2. The molecule has 2 N–H and O–H groups in total. The summed E-state index contributed by atoms with van der Waals surface area (Å²) in [5.74, 6) is -2.16. The zero-order valence-electron chi connectivity index (χ0n) is 10.3. The van der Waals surface area contributed by atoms with Crippen molar-refractivity contribution in [2.75, 3.05) is 20.2 Å². The van der Waals surface area contributed by atoms with Crippen molar-refractivity contribution in [2.24, 2.45) is 0 Å². The van der Waals surface area contributed by atoms with Crippen LogP contribution in [0.25, 0.3) is 0 Å². The lowest BCUT2D eigenvalue weighted by Crippen LogP contribution is -2.33. The number of aliphatic carboxylic acids is 1. The van der Waals surface area contributed by atoms with Crippen LogP contribution < -0.4 is 0 Å². The van der Waals surface area contributed by atoms with E-state index in [1.165, 1.54) is 0 Å². The second kappa shape index (κ2) is 5.80. The molecule has 0 aromatic carbocycles. The largest absolute Gasteiger partial charge is 0.480 e. The van der Waals surface area contributed by atoms with Crippen LogP contribution in [0.5, 0.6) is 0 Å². The number of carboxylic acid groups (broad SMARTS) is 1. The Morgan fingerprint density at radius 1 is 1.53 bits per heavy atom. The van der Waals surface area contributed by atoms with Crippen molar-refractivity contribution in [3.8, 4) is 0 Å². The van der Waals surface area contributed by atoms with E-state index in [1.807, 2.05) is 0 Å². The van der Waals surface area contributed by atoms with Crippen molar-refractivity contribution < 1.29 is 27.9 Å². The highest BCUT2D eigenvalue weighted by Gasteiger charge is 2.30. The van der Waals surface area contributed by atoms with E-state index in [4.69, 9.17) is 5.11 Å². The van der Waals surface area contributed by atoms with Gasteiger partial charge >= 0.3 is 11.9 Å². The van der Waals surface area contributed by atoms with E-state index in [-0.39, 0.29) is 12.2 Å². The molecular formula is C9H13N3O6S. The number of H-pyrrole nitrogens is 1. The maximum atomic E-state index is 12.0. The molecule has 0 spiro atoms. The number of hydrogen-bond donors (Lipinski definition) is 2. The van der Waals surface area contributed by atoms with Crippen LogP contribution in [-0.4, -0.2) is 60.2 Å². The van der Waals surface area contributed by atoms with Crippen LogP contribution in [0.1, 0.15) is 17.3 Å². The smallest absolute Gasteiger partial charge is 0.342 e. The van der Waals surface area contributed by atoms with Crippen molar-refractivity contribution in [1.29, 1.82) is 0 Å². The number of hydrogen-bond acceptors (Lipinski definition) is 6. The van der Waals surface area contributed by atoms with Crippen molar-refractivity contribution in [1.82, 2.24) is 14.5 Å². The topological polar surface area (TPSA) is 130 Å². The summed E-state index contributed by atoms with van der Waals surface area (Å²) >= 11 is 0. The molecule has 9 nitrogen and oxygen atoms in total. The number of sulfonamides is 1. The number of rotatable bonds is 6. The van der Waals surface area contributed by atoms with Gasteiger partial charge in [-0.15, -0.1) is 0 Å². The first-order chi connectivity index (χ1) is 8.80. The number of nitrogens with one attached hydrogen (secondary N) is 1.